The molecule has 0 heterocycles. The van der Waals surface area contributed by atoms with Crippen LogP contribution in [0.5, 0.6) is 0 Å². The van der Waals surface area contributed by atoms with E-state index in [0.717, 1.165) is 10.0 Å². The first kappa shape index (κ1) is 12.6. The van der Waals surface area contributed by atoms with E-state index in [-0.39, 0.29) is 11.7 Å². The van der Waals surface area contributed by atoms with E-state index in [2.05, 4.69) is 48.0 Å². The Kier molecular flexibility index (Phi) is 3.06. The monoisotopic (exact) mass is 314 g/mol. The van der Waals surface area contributed by atoms with Crippen molar-refractivity contribution in [2.75, 3.05) is 0 Å². The third-order valence-corrected chi connectivity index (χ3v) is 4.53. The van der Waals surface area contributed by atoms with Gasteiger partial charge in [0.1, 0.15) is 0 Å². The summed E-state index contributed by atoms with van der Waals surface area (Å²) >= 11 is 3.45. The summed E-state index contributed by atoms with van der Waals surface area (Å²) in [5, 5.41) is 0. The van der Waals surface area contributed by atoms with Crippen molar-refractivity contribution in [2.24, 2.45) is 0 Å². The molecule has 0 aromatic heterocycles. The summed E-state index contributed by atoms with van der Waals surface area (Å²) in [5.41, 5.74) is 5.78. The second-order valence-corrected chi connectivity index (χ2v) is 6.17. The van der Waals surface area contributed by atoms with Crippen molar-refractivity contribution >= 4 is 21.7 Å². The zero-order chi connectivity index (χ0) is 13.6. The SMILES string of the molecule is Cc1cc2c(cc1C)C(c1ccc(Br)cc1)CC2=O. The lowest BCUT2D eigenvalue weighted by Gasteiger charge is -2.13. The van der Waals surface area contributed by atoms with Crippen LogP contribution in [0, 0.1) is 13.8 Å². The minimum atomic E-state index is 0.217. The topological polar surface area (TPSA) is 17.1 Å². The van der Waals surface area contributed by atoms with Crippen molar-refractivity contribution in [3.63, 3.8) is 0 Å². The molecule has 0 saturated heterocycles. The number of carbonyl (C=O) groups excluding carboxylic acids is 1. The number of Topliss-reactive ketones (excluding diaryl/α,β-unsaturated/α-hetero) is 1. The summed E-state index contributed by atoms with van der Waals surface area (Å²) in [6.07, 6.45) is 0.597. The van der Waals surface area contributed by atoms with Gasteiger partial charge in [0.05, 0.1) is 0 Å². The molecule has 2 aromatic carbocycles. The fourth-order valence-corrected chi connectivity index (χ4v) is 3.03. The molecule has 2 aromatic rings. The van der Waals surface area contributed by atoms with Crippen LogP contribution in [0.25, 0.3) is 0 Å². The molecule has 19 heavy (non-hydrogen) atoms. The first-order chi connectivity index (χ1) is 9.06. The number of aryl methyl sites for hydroxylation is 2. The van der Waals surface area contributed by atoms with Crippen molar-refractivity contribution < 1.29 is 4.79 Å². The Morgan fingerprint density at radius 3 is 2.37 bits per heavy atom. The molecule has 1 nitrogen and oxygen atoms in total. The number of ketones is 1. The number of rotatable bonds is 1. The van der Waals surface area contributed by atoms with Crippen molar-refractivity contribution in [1.82, 2.24) is 0 Å². The van der Waals surface area contributed by atoms with Gasteiger partial charge in [-0.05, 0) is 54.3 Å². The van der Waals surface area contributed by atoms with E-state index in [1.807, 2.05) is 18.2 Å². The van der Waals surface area contributed by atoms with Gasteiger partial charge in [0.2, 0.25) is 0 Å². The number of fused-ring (bicyclic) bond motifs is 1. The highest BCUT2D eigenvalue weighted by Crippen LogP contribution is 2.39. The number of halogens is 1. The maximum Gasteiger partial charge on any atom is 0.164 e. The van der Waals surface area contributed by atoms with E-state index in [4.69, 9.17) is 0 Å². The van der Waals surface area contributed by atoms with Gasteiger partial charge in [-0.1, -0.05) is 34.1 Å². The third-order valence-electron chi connectivity index (χ3n) is 4.00. The van der Waals surface area contributed by atoms with Gasteiger partial charge in [-0.2, -0.15) is 0 Å². The quantitative estimate of drug-likeness (QED) is 0.740. The Morgan fingerprint density at radius 1 is 1.05 bits per heavy atom. The molecule has 1 aliphatic carbocycles. The van der Waals surface area contributed by atoms with Gasteiger partial charge in [-0.3, -0.25) is 4.79 Å². The molecule has 0 saturated carbocycles. The average Bonchev–Trinajstić information content (AvgIpc) is 2.69. The van der Waals surface area contributed by atoms with Crippen molar-refractivity contribution in [1.29, 1.82) is 0 Å². The molecule has 0 bridgehead atoms. The zero-order valence-corrected chi connectivity index (χ0v) is 12.6. The Morgan fingerprint density at radius 2 is 1.68 bits per heavy atom. The Hall–Kier alpha value is -1.41. The summed E-state index contributed by atoms with van der Waals surface area (Å²) in [6, 6.07) is 12.5. The van der Waals surface area contributed by atoms with E-state index >= 15 is 0 Å². The lowest BCUT2D eigenvalue weighted by Crippen LogP contribution is -1.97. The number of hydrogen-bond donors (Lipinski definition) is 0. The van der Waals surface area contributed by atoms with Gasteiger partial charge in [0.15, 0.2) is 5.78 Å². The van der Waals surface area contributed by atoms with Crippen LogP contribution < -0.4 is 0 Å². The molecule has 0 radical (unpaired) electrons. The van der Waals surface area contributed by atoms with E-state index in [1.165, 1.54) is 22.3 Å². The van der Waals surface area contributed by atoms with Crippen molar-refractivity contribution in [2.45, 2.75) is 26.2 Å². The number of hydrogen-bond acceptors (Lipinski definition) is 1. The highest BCUT2D eigenvalue weighted by molar-refractivity contribution is 9.10. The van der Waals surface area contributed by atoms with Crippen molar-refractivity contribution in [3.05, 3.63) is 68.7 Å². The molecule has 0 aliphatic heterocycles. The molecule has 0 spiro atoms. The predicted molar refractivity (Wildman–Crippen MR) is 80.8 cm³/mol. The molecular weight excluding hydrogens is 300 g/mol. The molecule has 3 rings (SSSR count). The molecule has 2 heteroatoms. The molecular formula is C17H15BrO. The van der Waals surface area contributed by atoms with Gasteiger partial charge >= 0.3 is 0 Å². The van der Waals surface area contributed by atoms with Crippen LogP contribution in [0.4, 0.5) is 0 Å². The highest BCUT2D eigenvalue weighted by atomic mass is 79.9. The van der Waals surface area contributed by atoms with Crippen LogP contribution in [-0.2, 0) is 0 Å². The zero-order valence-electron chi connectivity index (χ0n) is 11.0. The Bertz CT molecular complexity index is 656. The van der Waals surface area contributed by atoms with Crippen LogP contribution in [0.15, 0.2) is 40.9 Å². The number of benzene rings is 2. The Balaban J connectivity index is 2.11. The summed E-state index contributed by atoms with van der Waals surface area (Å²) in [7, 11) is 0. The summed E-state index contributed by atoms with van der Waals surface area (Å²) in [5.74, 6) is 0.487. The standard InChI is InChI=1S/C17H15BrO/c1-10-7-15-14(12-3-5-13(18)6-4-12)9-17(19)16(15)8-11(10)2/h3-8,14H,9H2,1-2H3. The van der Waals surface area contributed by atoms with Crippen LogP contribution >= 0.6 is 15.9 Å². The predicted octanol–water partition coefficient (Wildman–Crippen LogP) is 4.78. The molecule has 1 unspecified atom stereocenters. The van der Waals surface area contributed by atoms with E-state index < -0.39 is 0 Å². The molecule has 1 aliphatic rings. The molecule has 0 N–H and O–H groups in total. The molecule has 1 atom stereocenters. The molecule has 96 valence electrons. The normalized spacial score (nSPS) is 17.6. The van der Waals surface area contributed by atoms with Crippen LogP contribution in [0.3, 0.4) is 0 Å². The Labute approximate surface area is 121 Å². The summed E-state index contributed by atoms with van der Waals surface area (Å²) < 4.78 is 1.07. The lowest BCUT2D eigenvalue weighted by atomic mass is 9.91. The van der Waals surface area contributed by atoms with Crippen LogP contribution in [-0.4, -0.2) is 5.78 Å². The number of carbonyl (C=O) groups is 1. The molecule has 0 amide bonds. The second kappa shape index (κ2) is 4.61. The first-order valence-electron chi connectivity index (χ1n) is 6.46. The van der Waals surface area contributed by atoms with Gasteiger partial charge < -0.3 is 0 Å². The van der Waals surface area contributed by atoms with Gasteiger partial charge in [-0.25, -0.2) is 0 Å². The van der Waals surface area contributed by atoms with Crippen LogP contribution in [0.2, 0.25) is 0 Å². The van der Waals surface area contributed by atoms with Crippen LogP contribution in [0.1, 0.15) is 45.0 Å². The smallest absolute Gasteiger partial charge is 0.164 e. The second-order valence-electron chi connectivity index (χ2n) is 5.26. The maximum absolute atomic E-state index is 12.2. The first-order valence-corrected chi connectivity index (χ1v) is 7.25. The fourth-order valence-electron chi connectivity index (χ4n) is 2.77. The minimum absolute atomic E-state index is 0.217. The average molecular weight is 315 g/mol. The van der Waals surface area contributed by atoms with Gasteiger partial charge in [0.25, 0.3) is 0 Å². The van der Waals surface area contributed by atoms with Gasteiger partial charge in [-0.15, -0.1) is 0 Å². The van der Waals surface area contributed by atoms with E-state index in [1.54, 1.807) is 0 Å². The fraction of sp³-hybridized carbons (Fsp3) is 0.235. The maximum atomic E-state index is 12.2. The largest absolute Gasteiger partial charge is 0.294 e. The molecule has 0 fully saturated rings. The van der Waals surface area contributed by atoms with E-state index in [9.17, 15) is 4.79 Å². The third kappa shape index (κ3) is 2.14. The van der Waals surface area contributed by atoms with Crippen molar-refractivity contribution in [3.8, 4) is 0 Å². The van der Waals surface area contributed by atoms with Gasteiger partial charge in [0, 0.05) is 22.4 Å². The summed E-state index contributed by atoms with van der Waals surface area (Å²) in [6.45, 7) is 4.17. The summed E-state index contributed by atoms with van der Waals surface area (Å²) in [4.78, 5) is 12.2. The van der Waals surface area contributed by atoms with E-state index in [0.29, 0.717) is 6.42 Å². The highest BCUT2D eigenvalue weighted by Gasteiger charge is 2.30. The lowest BCUT2D eigenvalue weighted by molar-refractivity contribution is 0.0991. The minimum Gasteiger partial charge on any atom is -0.294 e.